The minimum atomic E-state index is -0.263. The highest BCUT2D eigenvalue weighted by Gasteiger charge is 2.24. The van der Waals surface area contributed by atoms with Crippen LogP contribution in [0.3, 0.4) is 0 Å². The second kappa shape index (κ2) is 12.1. The predicted octanol–water partition coefficient (Wildman–Crippen LogP) is 3.57. The van der Waals surface area contributed by atoms with Crippen molar-refractivity contribution in [2.75, 3.05) is 13.1 Å². The fraction of sp³-hybridized carbons (Fsp3) is 0.944. The fourth-order valence-corrected chi connectivity index (χ4v) is 3.66. The minimum absolute atomic E-state index is 0. The number of carbonyl (C=O) groups is 1. The maximum absolute atomic E-state index is 12.2. The molecular weight excluding hydrogens is 312 g/mol. The molecule has 23 heavy (non-hydrogen) atoms. The van der Waals surface area contributed by atoms with Crippen LogP contribution in [0.15, 0.2) is 0 Å². The highest BCUT2D eigenvalue weighted by Crippen LogP contribution is 2.23. The number of nitrogens with one attached hydrogen (secondary N) is 2. The minimum Gasteiger partial charge on any atom is -0.365 e. The van der Waals surface area contributed by atoms with Crippen molar-refractivity contribution in [1.82, 2.24) is 10.6 Å². The summed E-state index contributed by atoms with van der Waals surface area (Å²) in [6.07, 6.45) is 13.6. The highest BCUT2D eigenvalue weighted by atomic mass is 35.5. The Balaban J connectivity index is 0.00000264. The first-order chi connectivity index (χ1) is 10.8. The molecule has 4 nitrogen and oxygen atoms in total. The van der Waals surface area contributed by atoms with E-state index < -0.39 is 0 Å². The van der Waals surface area contributed by atoms with Crippen LogP contribution in [-0.2, 0) is 9.53 Å². The monoisotopic (exact) mass is 346 g/mol. The molecule has 1 atom stereocenters. The molecule has 2 N–H and O–H groups in total. The third-order valence-electron chi connectivity index (χ3n) is 5.03. The molecule has 0 bridgehead atoms. The topological polar surface area (TPSA) is 50.4 Å². The van der Waals surface area contributed by atoms with E-state index in [1.165, 1.54) is 51.4 Å². The standard InChI is InChI=1S/C18H34N2O2.ClH/c1-2-17(22-16-11-7-8-12-16)18(21)20-14-13-19-15-9-5-3-4-6-10-15;/h15-17,19H,2-14H2,1H3,(H,20,21);1H. The fourth-order valence-electron chi connectivity index (χ4n) is 3.66. The van der Waals surface area contributed by atoms with E-state index in [9.17, 15) is 4.79 Å². The molecule has 0 radical (unpaired) electrons. The van der Waals surface area contributed by atoms with Gasteiger partial charge in [0.25, 0.3) is 0 Å². The molecule has 136 valence electrons. The molecule has 1 unspecified atom stereocenters. The van der Waals surface area contributed by atoms with Crippen LogP contribution >= 0.6 is 12.4 Å². The number of ether oxygens (including phenoxy) is 1. The first-order valence-electron chi connectivity index (χ1n) is 9.46. The molecule has 2 fully saturated rings. The molecule has 0 heterocycles. The molecule has 0 aliphatic heterocycles. The Labute approximate surface area is 147 Å². The largest absolute Gasteiger partial charge is 0.365 e. The average Bonchev–Trinajstić information content (AvgIpc) is 2.91. The van der Waals surface area contributed by atoms with Crippen LogP contribution in [0.5, 0.6) is 0 Å². The Morgan fingerprint density at radius 3 is 2.22 bits per heavy atom. The van der Waals surface area contributed by atoms with E-state index in [4.69, 9.17) is 4.74 Å². The van der Waals surface area contributed by atoms with Crippen molar-refractivity contribution in [3.05, 3.63) is 0 Å². The summed E-state index contributed by atoms with van der Waals surface area (Å²) in [5.41, 5.74) is 0. The van der Waals surface area contributed by atoms with Crippen molar-refractivity contribution in [3.63, 3.8) is 0 Å². The molecule has 0 saturated heterocycles. The van der Waals surface area contributed by atoms with Crippen LogP contribution in [0.2, 0.25) is 0 Å². The lowest BCUT2D eigenvalue weighted by atomic mass is 10.1. The summed E-state index contributed by atoms with van der Waals surface area (Å²) in [5, 5.41) is 6.63. The lowest BCUT2D eigenvalue weighted by Gasteiger charge is -2.21. The van der Waals surface area contributed by atoms with Crippen LogP contribution in [-0.4, -0.2) is 37.2 Å². The van der Waals surface area contributed by atoms with Gasteiger partial charge in [0.2, 0.25) is 5.91 Å². The summed E-state index contributed by atoms with van der Waals surface area (Å²) < 4.78 is 5.95. The summed E-state index contributed by atoms with van der Waals surface area (Å²) in [7, 11) is 0. The van der Waals surface area contributed by atoms with Crippen molar-refractivity contribution < 1.29 is 9.53 Å². The maximum atomic E-state index is 12.2. The summed E-state index contributed by atoms with van der Waals surface area (Å²) in [6.45, 7) is 3.61. The third-order valence-corrected chi connectivity index (χ3v) is 5.03. The molecule has 0 aromatic rings. The number of amides is 1. The van der Waals surface area contributed by atoms with Crippen molar-refractivity contribution in [1.29, 1.82) is 0 Å². The van der Waals surface area contributed by atoms with Crippen LogP contribution < -0.4 is 10.6 Å². The maximum Gasteiger partial charge on any atom is 0.249 e. The summed E-state index contributed by atoms with van der Waals surface area (Å²) >= 11 is 0. The van der Waals surface area contributed by atoms with Gasteiger partial charge in [-0.2, -0.15) is 0 Å². The highest BCUT2D eigenvalue weighted by molar-refractivity contribution is 5.85. The molecule has 2 aliphatic rings. The van der Waals surface area contributed by atoms with Crippen LogP contribution in [0.1, 0.15) is 77.6 Å². The Morgan fingerprint density at radius 2 is 1.61 bits per heavy atom. The van der Waals surface area contributed by atoms with Crippen LogP contribution in [0.25, 0.3) is 0 Å². The molecule has 2 rings (SSSR count). The van der Waals surface area contributed by atoms with Gasteiger partial charge in [-0.25, -0.2) is 0 Å². The molecular formula is C18H35ClN2O2. The Bertz CT molecular complexity index is 314. The van der Waals surface area contributed by atoms with E-state index in [1.54, 1.807) is 0 Å². The molecule has 2 saturated carbocycles. The average molecular weight is 347 g/mol. The number of hydrogen-bond donors (Lipinski definition) is 2. The second-order valence-corrected chi connectivity index (χ2v) is 6.87. The predicted molar refractivity (Wildman–Crippen MR) is 97.2 cm³/mol. The van der Waals surface area contributed by atoms with Crippen molar-refractivity contribution >= 4 is 18.3 Å². The lowest BCUT2D eigenvalue weighted by molar-refractivity contribution is -0.136. The number of carbonyl (C=O) groups excluding carboxylic acids is 1. The number of rotatable bonds is 8. The Morgan fingerprint density at radius 1 is 1.00 bits per heavy atom. The van der Waals surface area contributed by atoms with Gasteiger partial charge in [0.1, 0.15) is 6.10 Å². The van der Waals surface area contributed by atoms with Gasteiger partial charge in [-0.1, -0.05) is 45.4 Å². The molecule has 0 aromatic carbocycles. The van der Waals surface area contributed by atoms with Crippen molar-refractivity contribution in [3.8, 4) is 0 Å². The Hall–Kier alpha value is -0.320. The Kier molecular flexibility index (Phi) is 10.9. The normalized spacial score (nSPS) is 21.4. The summed E-state index contributed by atoms with van der Waals surface area (Å²) in [4.78, 5) is 12.2. The SMILES string of the molecule is CCC(OC1CCCC1)C(=O)NCCNC1CCCCCC1.Cl. The van der Waals surface area contributed by atoms with Gasteiger partial charge >= 0.3 is 0 Å². The van der Waals surface area contributed by atoms with Gasteiger partial charge in [0.15, 0.2) is 0 Å². The smallest absolute Gasteiger partial charge is 0.249 e. The van der Waals surface area contributed by atoms with Gasteiger partial charge < -0.3 is 15.4 Å². The van der Waals surface area contributed by atoms with E-state index in [0.29, 0.717) is 18.7 Å². The third kappa shape index (κ3) is 7.86. The van der Waals surface area contributed by atoms with Gasteiger partial charge in [0, 0.05) is 19.1 Å². The number of hydrogen-bond acceptors (Lipinski definition) is 3. The molecule has 0 aromatic heterocycles. The molecule has 2 aliphatic carbocycles. The second-order valence-electron chi connectivity index (χ2n) is 6.87. The first-order valence-corrected chi connectivity index (χ1v) is 9.46. The lowest BCUT2D eigenvalue weighted by Crippen LogP contribution is -2.42. The molecule has 5 heteroatoms. The zero-order valence-corrected chi connectivity index (χ0v) is 15.5. The van der Waals surface area contributed by atoms with E-state index in [-0.39, 0.29) is 24.4 Å². The number of halogens is 1. The van der Waals surface area contributed by atoms with Gasteiger partial charge in [0.05, 0.1) is 6.10 Å². The first kappa shape index (κ1) is 20.7. The van der Waals surface area contributed by atoms with Gasteiger partial charge in [-0.05, 0) is 32.1 Å². The van der Waals surface area contributed by atoms with E-state index in [0.717, 1.165) is 25.8 Å². The van der Waals surface area contributed by atoms with E-state index in [2.05, 4.69) is 10.6 Å². The van der Waals surface area contributed by atoms with Gasteiger partial charge in [-0.15, -0.1) is 12.4 Å². The van der Waals surface area contributed by atoms with Crippen molar-refractivity contribution in [2.24, 2.45) is 0 Å². The van der Waals surface area contributed by atoms with Gasteiger partial charge in [-0.3, -0.25) is 4.79 Å². The quantitative estimate of drug-likeness (QED) is 0.521. The zero-order valence-electron chi connectivity index (χ0n) is 14.6. The molecule has 0 spiro atoms. The van der Waals surface area contributed by atoms with E-state index in [1.807, 2.05) is 6.92 Å². The summed E-state index contributed by atoms with van der Waals surface area (Å²) in [5.74, 6) is 0.0667. The van der Waals surface area contributed by atoms with Crippen molar-refractivity contribution in [2.45, 2.75) is 95.8 Å². The van der Waals surface area contributed by atoms with E-state index >= 15 is 0 Å². The van der Waals surface area contributed by atoms with Crippen LogP contribution in [0, 0.1) is 0 Å². The van der Waals surface area contributed by atoms with Crippen LogP contribution in [0.4, 0.5) is 0 Å². The summed E-state index contributed by atoms with van der Waals surface area (Å²) in [6, 6.07) is 0.649. The molecule has 1 amide bonds. The zero-order chi connectivity index (χ0) is 15.6.